The number of H-pyrrole nitrogens is 1. The van der Waals surface area contributed by atoms with Crippen molar-refractivity contribution in [1.82, 2.24) is 20.8 Å². The molecule has 2 unspecified atom stereocenters. The van der Waals surface area contributed by atoms with E-state index in [4.69, 9.17) is 27.9 Å². The van der Waals surface area contributed by atoms with Crippen molar-refractivity contribution in [2.75, 3.05) is 26.2 Å². The largest absolute Gasteiger partial charge is 0.439 e. The van der Waals surface area contributed by atoms with E-state index in [0.29, 0.717) is 47.4 Å². The van der Waals surface area contributed by atoms with E-state index in [1.165, 1.54) is 0 Å². The molecule has 4 rings (SSSR count). The molecule has 0 aliphatic carbocycles. The molecule has 2 heterocycles. The van der Waals surface area contributed by atoms with Gasteiger partial charge in [-0.25, -0.2) is 4.79 Å². The van der Waals surface area contributed by atoms with Crippen LogP contribution in [0.3, 0.4) is 0 Å². The van der Waals surface area contributed by atoms with Crippen LogP contribution in [0.1, 0.15) is 22.0 Å². The van der Waals surface area contributed by atoms with E-state index < -0.39 is 5.76 Å². The lowest BCUT2D eigenvalue weighted by atomic mass is 9.95. The molecule has 3 aromatic rings. The highest BCUT2D eigenvalue weighted by Gasteiger charge is 2.27. The number of amides is 1. The lowest BCUT2D eigenvalue weighted by Crippen LogP contribution is -2.36. The maximum absolute atomic E-state index is 13.0. The lowest BCUT2D eigenvalue weighted by molar-refractivity contribution is 0.0306. The topological polar surface area (TPSA) is 109 Å². The average Bonchev–Trinajstić information content (AvgIpc) is 3.07. The van der Waals surface area contributed by atoms with E-state index >= 15 is 0 Å². The number of nitrogens with one attached hydrogen (secondary N) is 3. The summed E-state index contributed by atoms with van der Waals surface area (Å²) in [6, 6.07) is 12.3. The SMILES string of the molecule is O=C(NCC1CNCCOC1c1ccc(Cl)c(Cl)c1)c1ccccc1-c1noc(=O)[nH]1. The highest BCUT2D eigenvalue weighted by atomic mass is 35.5. The van der Waals surface area contributed by atoms with Crippen molar-refractivity contribution in [2.45, 2.75) is 6.10 Å². The van der Waals surface area contributed by atoms with Crippen molar-refractivity contribution in [3.63, 3.8) is 0 Å². The van der Waals surface area contributed by atoms with Gasteiger partial charge in [-0.2, -0.15) is 0 Å². The molecule has 0 bridgehead atoms. The summed E-state index contributed by atoms with van der Waals surface area (Å²) in [6.45, 7) is 2.27. The molecule has 162 valence electrons. The summed E-state index contributed by atoms with van der Waals surface area (Å²) in [7, 11) is 0. The van der Waals surface area contributed by atoms with E-state index in [9.17, 15) is 9.59 Å². The van der Waals surface area contributed by atoms with E-state index in [0.717, 1.165) is 5.56 Å². The predicted molar refractivity (Wildman–Crippen MR) is 116 cm³/mol. The molecule has 1 fully saturated rings. The van der Waals surface area contributed by atoms with Gasteiger partial charge < -0.3 is 15.4 Å². The molecule has 0 spiro atoms. The summed E-state index contributed by atoms with van der Waals surface area (Å²) < 4.78 is 10.6. The molecule has 31 heavy (non-hydrogen) atoms. The van der Waals surface area contributed by atoms with Crippen LogP contribution in [0.15, 0.2) is 51.8 Å². The monoisotopic (exact) mass is 462 g/mol. The first-order valence-electron chi connectivity index (χ1n) is 9.74. The molecule has 2 aromatic carbocycles. The van der Waals surface area contributed by atoms with Crippen molar-refractivity contribution in [3.8, 4) is 11.4 Å². The molecular weight excluding hydrogens is 443 g/mol. The van der Waals surface area contributed by atoms with Crippen molar-refractivity contribution >= 4 is 29.1 Å². The highest BCUT2D eigenvalue weighted by Crippen LogP contribution is 2.32. The number of carbonyl (C=O) groups excluding carboxylic acids is 1. The first kappa shape index (κ1) is 21.6. The molecule has 2 atom stereocenters. The average molecular weight is 463 g/mol. The van der Waals surface area contributed by atoms with Gasteiger partial charge >= 0.3 is 5.76 Å². The number of hydrogen-bond donors (Lipinski definition) is 3. The minimum absolute atomic E-state index is 0.0392. The summed E-state index contributed by atoms with van der Waals surface area (Å²) in [5.74, 6) is -0.820. The van der Waals surface area contributed by atoms with Gasteiger partial charge in [0.25, 0.3) is 5.91 Å². The molecule has 1 aromatic heterocycles. The molecular formula is C21H20Cl2N4O4. The van der Waals surface area contributed by atoms with E-state index in [2.05, 4.69) is 25.3 Å². The van der Waals surface area contributed by atoms with Crippen LogP contribution in [0, 0.1) is 5.92 Å². The van der Waals surface area contributed by atoms with Crippen molar-refractivity contribution < 1.29 is 14.1 Å². The Balaban J connectivity index is 1.52. The van der Waals surface area contributed by atoms with Crippen molar-refractivity contribution in [3.05, 3.63) is 74.2 Å². The first-order chi connectivity index (χ1) is 15.0. The fourth-order valence-electron chi connectivity index (χ4n) is 3.58. The summed E-state index contributed by atoms with van der Waals surface area (Å²) in [4.78, 5) is 26.7. The number of benzene rings is 2. The van der Waals surface area contributed by atoms with Gasteiger partial charge in [-0.3, -0.25) is 14.3 Å². The third kappa shape index (κ3) is 4.99. The maximum atomic E-state index is 13.0. The fraction of sp³-hybridized carbons (Fsp3) is 0.286. The van der Waals surface area contributed by atoms with Crippen LogP contribution in [0.25, 0.3) is 11.4 Å². The number of aromatic amines is 1. The molecule has 3 N–H and O–H groups in total. The summed E-state index contributed by atoms with van der Waals surface area (Å²) in [5, 5.41) is 10.9. The van der Waals surface area contributed by atoms with Crippen LogP contribution in [-0.2, 0) is 4.74 Å². The molecule has 0 saturated carbocycles. The summed E-state index contributed by atoms with van der Waals surface area (Å²) >= 11 is 12.2. The minimum Gasteiger partial charge on any atom is -0.372 e. The van der Waals surface area contributed by atoms with Crippen LogP contribution in [0.4, 0.5) is 0 Å². The van der Waals surface area contributed by atoms with Gasteiger partial charge in [-0.1, -0.05) is 52.6 Å². The van der Waals surface area contributed by atoms with Crippen LogP contribution < -0.4 is 16.4 Å². The Morgan fingerprint density at radius 3 is 2.81 bits per heavy atom. The zero-order valence-electron chi connectivity index (χ0n) is 16.4. The highest BCUT2D eigenvalue weighted by molar-refractivity contribution is 6.42. The Kier molecular flexibility index (Phi) is 6.72. The second kappa shape index (κ2) is 9.65. The Labute approximate surface area is 187 Å². The smallest absolute Gasteiger partial charge is 0.372 e. The molecule has 1 aliphatic heterocycles. The molecule has 1 amide bonds. The van der Waals surface area contributed by atoms with Crippen LogP contribution in [0.5, 0.6) is 0 Å². The minimum atomic E-state index is -0.684. The number of nitrogens with zero attached hydrogens (tertiary/aromatic N) is 1. The third-order valence-corrected chi connectivity index (χ3v) is 5.81. The molecule has 1 aliphatic rings. The molecule has 0 radical (unpaired) electrons. The Hall–Kier alpha value is -2.65. The van der Waals surface area contributed by atoms with Gasteiger partial charge in [0.1, 0.15) is 0 Å². The summed E-state index contributed by atoms with van der Waals surface area (Å²) in [5.41, 5.74) is 1.75. The Morgan fingerprint density at radius 1 is 1.19 bits per heavy atom. The molecule has 8 nitrogen and oxygen atoms in total. The maximum Gasteiger partial charge on any atom is 0.439 e. The Bertz CT molecular complexity index is 1130. The summed E-state index contributed by atoms with van der Waals surface area (Å²) in [6.07, 6.45) is -0.257. The zero-order chi connectivity index (χ0) is 21.8. The number of rotatable bonds is 5. The quantitative estimate of drug-likeness (QED) is 0.537. The first-order valence-corrected chi connectivity index (χ1v) is 10.5. The van der Waals surface area contributed by atoms with Gasteiger partial charge in [0.2, 0.25) is 0 Å². The third-order valence-electron chi connectivity index (χ3n) is 5.08. The number of carbonyl (C=O) groups is 1. The van der Waals surface area contributed by atoms with Crippen molar-refractivity contribution in [1.29, 1.82) is 0 Å². The second-order valence-corrected chi connectivity index (χ2v) is 7.94. The molecule has 10 heteroatoms. The van der Waals surface area contributed by atoms with Crippen LogP contribution >= 0.6 is 23.2 Å². The van der Waals surface area contributed by atoms with Gasteiger partial charge in [0, 0.05) is 31.1 Å². The van der Waals surface area contributed by atoms with Gasteiger partial charge in [-0.05, 0) is 23.8 Å². The van der Waals surface area contributed by atoms with Gasteiger partial charge in [0.15, 0.2) is 5.82 Å². The number of halogens is 2. The lowest BCUT2D eigenvalue weighted by Gasteiger charge is -2.26. The standard InChI is InChI=1S/C21H20Cl2N4O4/c22-16-6-5-12(9-17(16)23)18-13(10-24-7-8-30-18)11-25-20(28)15-4-2-1-3-14(15)19-26-21(29)31-27-19/h1-6,9,13,18,24H,7-8,10-11H2,(H,25,28)(H,26,27,29). The van der Waals surface area contributed by atoms with E-state index in [1.54, 1.807) is 36.4 Å². The number of ether oxygens (including phenoxy) is 1. The van der Waals surface area contributed by atoms with Crippen LogP contribution in [-0.4, -0.2) is 42.3 Å². The number of hydrogen-bond acceptors (Lipinski definition) is 6. The fourth-order valence-corrected chi connectivity index (χ4v) is 3.88. The second-order valence-electron chi connectivity index (χ2n) is 7.13. The molecule has 1 saturated heterocycles. The van der Waals surface area contributed by atoms with E-state index in [1.807, 2.05) is 6.07 Å². The van der Waals surface area contributed by atoms with Crippen LogP contribution in [0.2, 0.25) is 10.0 Å². The zero-order valence-corrected chi connectivity index (χ0v) is 17.9. The predicted octanol–water partition coefficient (Wildman–Crippen LogP) is 3.04. The number of aromatic nitrogens is 2. The Morgan fingerprint density at radius 2 is 2.03 bits per heavy atom. The van der Waals surface area contributed by atoms with Gasteiger partial charge in [-0.15, -0.1) is 0 Å². The van der Waals surface area contributed by atoms with Gasteiger partial charge in [0.05, 0.1) is 28.3 Å². The normalized spacial score (nSPS) is 19.0. The van der Waals surface area contributed by atoms with Crippen molar-refractivity contribution in [2.24, 2.45) is 5.92 Å². The van der Waals surface area contributed by atoms with E-state index in [-0.39, 0.29) is 23.8 Å².